The maximum atomic E-state index is 12.3. The molecule has 196 valence electrons. The van der Waals surface area contributed by atoms with E-state index in [1.54, 1.807) is 6.07 Å². The number of anilines is 2. The highest BCUT2D eigenvalue weighted by Crippen LogP contribution is 2.39. The number of nitrogens with one attached hydrogen (secondary N) is 2. The van der Waals surface area contributed by atoms with Crippen LogP contribution in [0, 0.1) is 0 Å². The van der Waals surface area contributed by atoms with Crippen molar-refractivity contribution in [1.82, 2.24) is 0 Å². The first-order valence-corrected chi connectivity index (χ1v) is 15.2. The highest BCUT2D eigenvalue weighted by atomic mass is 35.5. The highest BCUT2D eigenvalue weighted by molar-refractivity contribution is 7.92. The fraction of sp³-hybridized carbons (Fsp3) is 0.731. The lowest BCUT2D eigenvalue weighted by atomic mass is 10.0. The predicted octanol–water partition coefficient (Wildman–Crippen LogP) is 7.92. The van der Waals surface area contributed by atoms with E-state index in [1.165, 1.54) is 90.2 Å². The van der Waals surface area contributed by atoms with Gasteiger partial charge in [-0.05, 0) is 18.6 Å². The molecular weight excluding hydrogens is 472 g/mol. The molecule has 1 rings (SSSR count). The molecule has 0 atom stereocenters. The van der Waals surface area contributed by atoms with Crippen LogP contribution in [0.15, 0.2) is 12.1 Å². The van der Waals surface area contributed by atoms with Crippen molar-refractivity contribution in [1.29, 1.82) is 0 Å². The van der Waals surface area contributed by atoms with Crippen molar-refractivity contribution in [3.63, 3.8) is 0 Å². The van der Waals surface area contributed by atoms with Gasteiger partial charge in [-0.2, -0.15) is 0 Å². The van der Waals surface area contributed by atoms with Crippen LogP contribution >= 0.6 is 11.6 Å². The summed E-state index contributed by atoms with van der Waals surface area (Å²) in [6.07, 6.45) is 20.8. The lowest BCUT2D eigenvalue weighted by Gasteiger charge is -2.15. The number of unbranched alkanes of at least 4 members (excludes halogenated alkanes) is 14. The molecule has 0 fully saturated rings. The summed E-state index contributed by atoms with van der Waals surface area (Å²) in [5.74, 6) is 0.132. The molecule has 6 nitrogen and oxygen atoms in total. The van der Waals surface area contributed by atoms with Gasteiger partial charge in [-0.25, -0.2) is 8.42 Å². The summed E-state index contributed by atoms with van der Waals surface area (Å²) >= 11 is 6.25. The molecule has 0 radical (unpaired) electrons. The molecule has 0 aliphatic heterocycles. The van der Waals surface area contributed by atoms with Gasteiger partial charge >= 0.3 is 0 Å². The molecule has 34 heavy (non-hydrogen) atoms. The minimum Gasteiger partial charge on any atom is -0.493 e. The van der Waals surface area contributed by atoms with Gasteiger partial charge in [-0.1, -0.05) is 108 Å². The average molecular weight is 517 g/mol. The van der Waals surface area contributed by atoms with Gasteiger partial charge in [0.15, 0.2) is 5.75 Å². The molecule has 0 aliphatic rings. The van der Waals surface area contributed by atoms with Gasteiger partial charge in [0.25, 0.3) is 0 Å². The van der Waals surface area contributed by atoms with E-state index in [9.17, 15) is 13.2 Å². The van der Waals surface area contributed by atoms with Crippen LogP contribution in [-0.2, 0) is 14.8 Å². The fourth-order valence-electron chi connectivity index (χ4n) is 4.00. The third-order valence-electron chi connectivity index (χ3n) is 5.88. The number of carbonyl (C=O) groups is 1. The van der Waals surface area contributed by atoms with E-state index in [2.05, 4.69) is 17.0 Å². The van der Waals surface area contributed by atoms with E-state index in [0.29, 0.717) is 12.1 Å². The number of hydrogen-bond acceptors (Lipinski definition) is 4. The Balaban J connectivity index is 2.14. The number of carbonyl (C=O) groups excluding carboxylic acids is 1. The molecular formula is C26H45ClN2O4S. The van der Waals surface area contributed by atoms with E-state index in [-0.39, 0.29) is 22.4 Å². The Bertz CT molecular complexity index is 815. The van der Waals surface area contributed by atoms with E-state index < -0.39 is 10.0 Å². The third-order valence-corrected chi connectivity index (χ3v) is 6.84. The Morgan fingerprint density at radius 1 is 0.824 bits per heavy atom. The minimum atomic E-state index is -3.47. The minimum absolute atomic E-state index is 0.104. The smallest absolute Gasteiger partial charge is 0.229 e. The second kappa shape index (κ2) is 17.9. The second-order valence-corrected chi connectivity index (χ2v) is 11.3. The molecule has 0 bridgehead atoms. The van der Waals surface area contributed by atoms with Crippen molar-refractivity contribution in [2.24, 2.45) is 0 Å². The summed E-state index contributed by atoms with van der Waals surface area (Å²) in [6, 6.07) is 3.09. The topological polar surface area (TPSA) is 84.5 Å². The standard InChI is InChI=1S/C26H45ClN2O4S/c1-4-5-6-7-8-9-10-11-12-13-14-15-16-17-18-19-24(30)28-23-21-20-22(29-34(3,31)32)25(27)26(23)33-2/h20-21,29H,4-19H2,1-3H3,(H,28,30). The lowest BCUT2D eigenvalue weighted by Crippen LogP contribution is -2.13. The lowest BCUT2D eigenvalue weighted by molar-refractivity contribution is -0.116. The Morgan fingerprint density at radius 2 is 1.26 bits per heavy atom. The van der Waals surface area contributed by atoms with Crippen molar-refractivity contribution in [2.75, 3.05) is 23.4 Å². The number of methoxy groups -OCH3 is 1. The molecule has 2 N–H and O–H groups in total. The first kappa shape index (κ1) is 30.6. The van der Waals surface area contributed by atoms with Crippen LogP contribution in [0.3, 0.4) is 0 Å². The van der Waals surface area contributed by atoms with Crippen LogP contribution in [0.4, 0.5) is 11.4 Å². The van der Waals surface area contributed by atoms with E-state index in [1.807, 2.05) is 0 Å². The maximum absolute atomic E-state index is 12.3. The van der Waals surface area contributed by atoms with Gasteiger partial charge in [0.05, 0.1) is 24.7 Å². The second-order valence-electron chi connectivity index (χ2n) is 9.13. The Kier molecular flexibility index (Phi) is 16.1. The van der Waals surface area contributed by atoms with Gasteiger partial charge in [0.1, 0.15) is 5.02 Å². The van der Waals surface area contributed by atoms with Crippen molar-refractivity contribution >= 4 is 38.9 Å². The Labute approximate surface area is 212 Å². The molecule has 1 aromatic rings. The van der Waals surface area contributed by atoms with E-state index in [0.717, 1.165) is 25.5 Å². The number of rotatable bonds is 20. The predicted molar refractivity (Wildman–Crippen MR) is 145 cm³/mol. The zero-order chi connectivity index (χ0) is 25.2. The van der Waals surface area contributed by atoms with Gasteiger partial charge in [-0.15, -0.1) is 0 Å². The molecule has 1 aromatic carbocycles. The maximum Gasteiger partial charge on any atom is 0.229 e. The summed E-state index contributed by atoms with van der Waals surface area (Å²) < 4.78 is 30.5. The number of benzene rings is 1. The van der Waals surface area contributed by atoms with Crippen molar-refractivity contribution in [3.8, 4) is 5.75 Å². The summed E-state index contributed by atoms with van der Waals surface area (Å²) in [4.78, 5) is 12.3. The molecule has 0 saturated carbocycles. The normalized spacial score (nSPS) is 11.4. The van der Waals surface area contributed by atoms with Crippen LogP contribution in [-0.4, -0.2) is 27.7 Å². The number of ether oxygens (including phenoxy) is 1. The highest BCUT2D eigenvalue weighted by Gasteiger charge is 2.16. The Hall–Kier alpha value is -1.47. The first-order valence-electron chi connectivity index (χ1n) is 12.9. The quantitative estimate of drug-likeness (QED) is 0.172. The summed E-state index contributed by atoms with van der Waals surface area (Å²) in [6.45, 7) is 2.26. The third kappa shape index (κ3) is 14.1. The summed E-state index contributed by atoms with van der Waals surface area (Å²) in [5.41, 5.74) is 0.638. The molecule has 8 heteroatoms. The molecule has 1 amide bonds. The molecule has 0 heterocycles. The van der Waals surface area contributed by atoms with Crippen LogP contribution in [0.2, 0.25) is 5.02 Å². The zero-order valence-corrected chi connectivity index (χ0v) is 23.0. The molecule has 0 saturated heterocycles. The van der Waals surface area contributed by atoms with Gasteiger partial charge < -0.3 is 10.1 Å². The van der Waals surface area contributed by atoms with Crippen LogP contribution < -0.4 is 14.8 Å². The van der Waals surface area contributed by atoms with Crippen molar-refractivity contribution < 1.29 is 17.9 Å². The molecule has 0 spiro atoms. The van der Waals surface area contributed by atoms with Gasteiger partial charge in [0.2, 0.25) is 15.9 Å². The fourth-order valence-corrected chi connectivity index (χ4v) is 4.92. The number of halogens is 1. The molecule has 0 aliphatic carbocycles. The van der Waals surface area contributed by atoms with Crippen LogP contribution in [0.5, 0.6) is 5.75 Å². The number of amides is 1. The number of sulfonamides is 1. The van der Waals surface area contributed by atoms with Crippen molar-refractivity contribution in [3.05, 3.63) is 17.2 Å². The average Bonchev–Trinajstić information content (AvgIpc) is 2.77. The SMILES string of the molecule is CCCCCCCCCCCCCCCCCC(=O)Nc1ccc(NS(C)(=O)=O)c(Cl)c1OC. The van der Waals surface area contributed by atoms with Gasteiger partial charge in [-0.3, -0.25) is 9.52 Å². The summed E-state index contributed by atoms with van der Waals surface area (Å²) in [7, 11) is -2.04. The molecule has 0 aromatic heterocycles. The monoisotopic (exact) mass is 516 g/mol. The van der Waals surface area contributed by atoms with Gasteiger partial charge in [0, 0.05) is 6.42 Å². The zero-order valence-electron chi connectivity index (χ0n) is 21.4. The molecule has 0 unspecified atom stereocenters. The van der Waals surface area contributed by atoms with Crippen molar-refractivity contribution in [2.45, 2.75) is 110 Å². The van der Waals surface area contributed by atoms with E-state index in [4.69, 9.17) is 16.3 Å². The largest absolute Gasteiger partial charge is 0.493 e. The summed E-state index contributed by atoms with van der Waals surface area (Å²) in [5, 5.41) is 2.93. The number of hydrogen-bond donors (Lipinski definition) is 2. The first-order chi connectivity index (χ1) is 16.3. The Morgan fingerprint density at radius 3 is 1.71 bits per heavy atom. The van der Waals surface area contributed by atoms with E-state index >= 15 is 0 Å². The van der Waals surface area contributed by atoms with Crippen LogP contribution in [0.1, 0.15) is 110 Å². The van der Waals surface area contributed by atoms with Crippen LogP contribution in [0.25, 0.3) is 0 Å².